The lowest BCUT2D eigenvalue weighted by atomic mass is 9.97. The Morgan fingerprint density at radius 3 is 2.45 bits per heavy atom. The van der Waals surface area contributed by atoms with E-state index < -0.39 is 11.7 Å². The number of alkyl halides is 3. The van der Waals surface area contributed by atoms with Crippen LogP contribution in [0.3, 0.4) is 0 Å². The van der Waals surface area contributed by atoms with Gasteiger partial charge >= 0.3 is 6.18 Å². The van der Waals surface area contributed by atoms with E-state index in [-0.39, 0.29) is 11.5 Å². The van der Waals surface area contributed by atoms with Crippen LogP contribution in [0.5, 0.6) is 0 Å². The Kier molecular flexibility index (Phi) is 3.98. The van der Waals surface area contributed by atoms with Crippen molar-refractivity contribution in [2.45, 2.75) is 19.0 Å². The lowest BCUT2D eigenvalue weighted by Gasteiger charge is -2.31. The second kappa shape index (κ2) is 5.53. The number of carbonyl (C=O) groups excluding carboxylic acids is 1. The molecule has 20 heavy (non-hydrogen) atoms. The van der Waals surface area contributed by atoms with Gasteiger partial charge in [-0.2, -0.15) is 18.4 Å². The van der Waals surface area contributed by atoms with Gasteiger partial charge in [0.25, 0.3) is 0 Å². The van der Waals surface area contributed by atoms with Crippen LogP contribution in [0.15, 0.2) is 18.2 Å². The number of rotatable bonds is 2. The minimum absolute atomic E-state index is 0.0242. The quantitative estimate of drug-likeness (QED) is 0.783. The lowest BCUT2D eigenvalue weighted by molar-refractivity contribution is -0.137. The van der Waals surface area contributed by atoms with E-state index in [9.17, 15) is 18.0 Å². The summed E-state index contributed by atoms with van der Waals surface area (Å²) in [5, 5.41) is 8.87. The van der Waals surface area contributed by atoms with Crippen LogP contribution in [-0.4, -0.2) is 19.4 Å². The lowest BCUT2D eigenvalue weighted by Crippen LogP contribution is -2.34. The monoisotopic (exact) mass is 282 g/mol. The van der Waals surface area contributed by atoms with Crippen molar-refractivity contribution < 1.29 is 18.0 Å². The number of carbonyl (C=O) groups is 1. The normalized spacial score (nSPS) is 16.8. The molecule has 0 unspecified atom stereocenters. The molecule has 2 rings (SSSR count). The van der Waals surface area contributed by atoms with Crippen LogP contribution in [0, 0.1) is 17.2 Å². The number of nitriles is 1. The molecule has 0 aromatic heterocycles. The number of halogens is 3. The van der Waals surface area contributed by atoms with Gasteiger partial charge in [0.1, 0.15) is 6.29 Å². The standard InChI is InChI=1S/C14H13F3N2O/c15-14(16,17)13-2-1-12(7-11(13)8-18)19-5-3-10(9-20)4-6-19/h1-2,7,9-10H,3-6H2. The fourth-order valence-electron chi connectivity index (χ4n) is 2.36. The molecule has 3 nitrogen and oxygen atoms in total. The van der Waals surface area contributed by atoms with Gasteiger partial charge in [-0.1, -0.05) is 0 Å². The number of hydrogen-bond donors (Lipinski definition) is 0. The van der Waals surface area contributed by atoms with Gasteiger partial charge in [-0.15, -0.1) is 0 Å². The third-order valence-corrected chi connectivity index (χ3v) is 3.53. The Balaban J connectivity index is 2.23. The number of nitrogens with zero attached hydrogens (tertiary/aromatic N) is 2. The van der Waals surface area contributed by atoms with Crippen LogP contribution in [-0.2, 0) is 11.0 Å². The summed E-state index contributed by atoms with van der Waals surface area (Å²) in [6.45, 7) is 1.22. The highest BCUT2D eigenvalue weighted by molar-refractivity contribution is 5.58. The fourth-order valence-corrected chi connectivity index (χ4v) is 2.36. The SMILES string of the molecule is N#Cc1cc(N2CCC(C=O)CC2)ccc1C(F)(F)F. The molecule has 1 fully saturated rings. The second-order valence-corrected chi connectivity index (χ2v) is 4.80. The maximum Gasteiger partial charge on any atom is 0.417 e. The first-order valence-electron chi connectivity index (χ1n) is 6.27. The Labute approximate surface area is 114 Å². The smallest absolute Gasteiger partial charge is 0.371 e. The van der Waals surface area contributed by atoms with E-state index in [0.717, 1.165) is 12.4 Å². The molecule has 0 radical (unpaired) electrons. The Morgan fingerprint density at radius 1 is 1.30 bits per heavy atom. The highest BCUT2D eigenvalue weighted by atomic mass is 19.4. The molecule has 1 aliphatic heterocycles. The summed E-state index contributed by atoms with van der Waals surface area (Å²) in [4.78, 5) is 12.6. The van der Waals surface area contributed by atoms with Crippen LogP contribution in [0.25, 0.3) is 0 Å². The molecule has 106 valence electrons. The van der Waals surface area contributed by atoms with Gasteiger partial charge in [0.05, 0.1) is 17.2 Å². The van der Waals surface area contributed by atoms with Gasteiger partial charge in [-0.05, 0) is 31.0 Å². The minimum atomic E-state index is -4.52. The number of anilines is 1. The zero-order valence-corrected chi connectivity index (χ0v) is 10.7. The minimum Gasteiger partial charge on any atom is -0.371 e. The molecule has 1 saturated heterocycles. The topological polar surface area (TPSA) is 44.1 Å². The largest absolute Gasteiger partial charge is 0.417 e. The molecule has 6 heteroatoms. The van der Waals surface area contributed by atoms with Gasteiger partial charge in [0.2, 0.25) is 0 Å². The highest BCUT2D eigenvalue weighted by Crippen LogP contribution is 2.34. The van der Waals surface area contributed by atoms with E-state index in [1.807, 2.05) is 4.90 Å². The first-order valence-corrected chi connectivity index (χ1v) is 6.27. The third-order valence-electron chi connectivity index (χ3n) is 3.53. The predicted molar refractivity (Wildman–Crippen MR) is 67.2 cm³/mol. The van der Waals surface area contributed by atoms with E-state index in [1.165, 1.54) is 12.1 Å². The predicted octanol–water partition coefficient (Wildman–Crippen LogP) is 2.99. The maximum atomic E-state index is 12.7. The summed E-state index contributed by atoms with van der Waals surface area (Å²) >= 11 is 0. The van der Waals surface area contributed by atoms with Gasteiger partial charge in [0, 0.05) is 24.7 Å². The van der Waals surface area contributed by atoms with Crippen molar-refractivity contribution in [1.29, 1.82) is 5.26 Å². The number of aldehydes is 1. The molecule has 0 atom stereocenters. The van der Waals surface area contributed by atoms with E-state index >= 15 is 0 Å². The molecular weight excluding hydrogens is 269 g/mol. The molecule has 0 saturated carbocycles. The van der Waals surface area contributed by atoms with Gasteiger partial charge in [0.15, 0.2) is 0 Å². The number of piperidine rings is 1. The Morgan fingerprint density at radius 2 is 1.95 bits per heavy atom. The van der Waals surface area contributed by atoms with E-state index in [4.69, 9.17) is 5.26 Å². The average Bonchev–Trinajstić information content (AvgIpc) is 2.45. The molecular formula is C14H13F3N2O. The summed E-state index contributed by atoms with van der Waals surface area (Å²) in [5.74, 6) is 0.0242. The third kappa shape index (κ3) is 2.93. The van der Waals surface area contributed by atoms with Crippen molar-refractivity contribution in [1.82, 2.24) is 0 Å². The molecule has 1 aliphatic rings. The van der Waals surface area contributed by atoms with E-state index in [1.54, 1.807) is 6.07 Å². The van der Waals surface area contributed by atoms with Crippen molar-refractivity contribution in [3.05, 3.63) is 29.3 Å². The van der Waals surface area contributed by atoms with Crippen molar-refractivity contribution >= 4 is 12.0 Å². The molecule has 0 N–H and O–H groups in total. The summed E-state index contributed by atoms with van der Waals surface area (Å²) in [7, 11) is 0. The first kappa shape index (κ1) is 14.4. The van der Waals surface area contributed by atoms with Crippen LogP contribution in [0.1, 0.15) is 24.0 Å². The van der Waals surface area contributed by atoms with Gasteiger partial charge < -0.3 is 9.69 Å². The fraction of sp³-hybridized carbons (Fsp3) is 0.429. The van der Waals surface area contributed by atoms with Crippen LogP contribution in [0.2, 0.25) is 0 Å². The average molecular weight is 282 g/mol. The maximum absolute atomic E-state index is 12.7. The van der Waals surface area contributed by atoms with Crippen LogP contribution < -0.4 is 4.90 Å². The Bertz CT molecular complexity index is 540. The van der Waals surface area contributed by atoms with Crippen molar-refractivity contribution in [3.63, 3.8) is 0 Å². The first-order chi connectivity index (χ1) is 9.45. The summed E-state index contributed by atoms with van der Waals surface area (Å²) in [6.07, 6.45) is -2.22. The zero-order valence-electron chi connectivity index (χ0n) is 10.7. The molecule has 1 aromatic rings. The molecule has 0 spiro atoms. The van der Waals surface area contributed by atoms with Crippen molar-refractivity contribution in [2.24, 2.45) is 5.92 Å². The number of benzene rings is 1. The zero-order chi connectivity index (χ0) is 14.8. The molecule has 0 bridgehead atoms. The van der Waals surface area contributed by atoms with Crippen LogP contribution >= 0.6 is 0 Å². The second-order valence-electron chi connectivity index (χ2n) is 4.80. The summed E-state index contributed by atoms with van der Waals surface area (Å²) in [5.41, 5.74) is -0.682. The van der Waals surface area contributed by atoms with Crippen molar-refractivity contribution in [3.8, 4) is 6.07 Å². The Hall–Kier alpha value is -2.03. The van der Waals surface area contributed by atoms with Gasteiger partial charge in [-0.25, -0.2) is 0 Å². The highest BCUT2D eigenvalue weighted by Gasteiger charge is 2.34. The number of hydrogen-bond acceptors (Lipinski definition) is 3. The summed E-state index contributed by atoms with van der Waals surface area (Å²) in [6, 6.07) is 5.19. The molecule has 1 heterocycles. The molecule has 0 amide bonds. The van der Waals surface area contributed by atoms with E-state index in [2.05, 4.69) is 0 Å². The van der Waals surface area contributed by atoms with E-state index in [0.29, 0.717) is 31.6 Å². The molecule has 0 aliphatic carbocycles. The summed E-state index contributed by atoms with van der Waals surface area (Å²) < 4.78 is 38.1. The van der Waals surface area contributed by atoms with Gasteiger partial charge in [-0.3, -0.25) is 0 Å². The van der Waals surface area contributed by atoms with Crippen molar-refractivity contribution in [2.75, 3.05) is 18.0 Å². The van der Waals surface area contributed by atoms with Crippen LogP contribution in [0.4, 0.5) is 18.9 Å². The molecule has 1 aromatic carbocycles.